The molecule has 27 heavy (non-hydrogen) atoms. The van der Waals surface area contributed by atoms with Gasteiger partial charge >= 0.3 is 0 Å². The molecule has 0 aliphatic carbocycles. The summed E-state index contributed by atoms with van der Waals surface area (Å²) in [6.45, 7) is 0.422. The molecule has 9 heteroatoms. The van der Waals surface area contributed by atoms with Gasteiger partial charge in [-0.15, -0.1) is 0 Å². The van der Waals surface area contributed by atoms with E-state index in [-0.39, 0.29) is 6.42 Å². The third-order valence-electron chi connectivity index (χ3n) is 3.73. The van der Waals surface area contributed by atoms with Crippen molar-refractivity contribution in [2.45, 2.75) is 6.42 Å². The van der Waals surface area contributed by atoms with Crippen molar-refractivity contribution in [3.63, 3.8) is 0 Å². The maximum absolute atomic E-state index is 13.5. The molecule has 1 heterocycles. The highest BCUT2D eigenvalue weighted by Gasteiger charge is 2.16. The highest BCUT2D eigenvalue weighted by molar-refractivity contribution is 5.94. The molecule has 2 amide bonds. The largest absolute Gasteiger partial charge is 0.486 e. The van der Waals surface area contributed by atoms with Gasteiger partial charge in [0.2, 0.25) is 11.8 Å². The molecule has 0 aromatic heterocycles. The molecule has 2 aromatic carbocycles. The van der Waals surface area contributed by atoms with Gasteiger partial charge in [0.25, 0.3) is 0 Å². The predicted molar refractivity (Wildman–Crippen MR) is 89.1 cm³/mol. The Morgan fingerprint density at radius 3 is 2.44 bits per heavy atom. The third kappa shape index (κ3) is 4.49. The van der Waals surface area contributed by atoms with E-state index in [2.05, 4.69) is 10.6 Å². The molecule has 2 aromatic rings. The van der Waals surface area contributed by atoms with Crippen molar-refractivity contribution in [1.82, 2.24) is 5.32 Å². The predicted octanol–water partition coefficient (Wildman–Crippen LogP) is 2.17. The molecule has 0 saturated carbocycles. The van der Waals surface area contributed by atoms with Crippen molar-refractivity contribution < 1.29 is 32.2 Å². The summed E-state index contributed by atoms with van der Waals surface area (Å²) in [4.78, 5) is 23.7. The summed E-state index contributed by atoms with van der Waals surface area (Å²) in [5.74, 6) is -4.65. The maximum atomic E-state index is 13.5. The summed E-state index contributed by atoms with van der Waals surface area (Å²) < 4.78 is 50.3. The molecule has 0 spiro atoms. The zero-order chi connectivity index (χ0) is 19.4. The van der Waals surface area contributed by atoms with Gasteiger partial charge in [-0.3, -0.25) is 9.59 Å². The molecule has 142 valence electrons. The lowest BCUT2D eigenvalue weighted by Crippen LogP contribution is -2.34. The van der Waals surface area contributed by atoms with Crippen LogP contribution >= 0.6 is 0 Å². The fourth-order valence-corrected chi connectivity index (χ4v) is 2.44. The Morgan fingerprint density at radius 1 is 0.926 bits per heavy atom. The molecule has 0 radical (unpaired) electrons. The van der Waals surface area contributed by atoms with Crippen molar-refractivity contribution in [3.8, 4) is 11.5 Å². The van der Waals surface area contributed by atoms with Gasteiger partial charge in [0.05, 0.1) is 18.7 Å². The number of rotatable bonds is 5. The van der Waals surface area contributed by atoms with Gasteiger partial charge in [-0.25, -0.2) is 13.2 Å². The van der Waals surface area contributed by atoms with Crippen LogP contribution in [-0.2, 0) is 16.0 Å². The maximum Gasteiger partial charge on any atom is 0.243 e. The van der Waals surface area contributed by atoms with Crippen LogP contribution in [0, 0.1) is 17.5 Å². The van der Waals surface area contributed by atoms with E-state index in [0.29, 0.717) is 36.3 Å². The molecule has 1 aliphatic rings. The molecule has 0 fully saturated rings. The van der Waals surface area contributed by atoms with E-state index in [4.69, 9.17) is 9.47 Å². The molecular weight excluding hydrogens is 365 g/mol. The molecule has 6 nitrogen and oxygen atoms in total. The zero-order valence-electron chi connectivity index (χ0n) is 14.0. The van der Waals surface area contributed by atoms with E-state index in [1.807, 2.05) is 0 Å². The molecule has 0 bridgehead atoms. The number of hydrogen-bond acceptors (Lipinski definition) is 4. The van der Waals surface area contributed by atoms with Crippen LogP contribution in [0.15, 0.2) is 30.3 Å². The first-order valence-electron chi connectivity index (χ1n) is 8.02. The third-order valence-corrected chi connectivity index (χ3v) is 3.73. The monoisotopic (exact) mass is 380 g/mol. The Morgan fingerprint density at radius 2 is 1.67 bits per heavy atom. The second-order valence-electron chi connectivity index (χ2n) is 5.70. The molecular formula is C18H15F3N2O4. The van der Waals surface area contributed by atoms with Crippen LogP contribution in [0.1, 0.15) is 5.56 Å². The quantitative estimate of drug-likeness (QED) is 0.780. The van der Waals surface area contributed by atoms with Gasteiger partial charge in [0, 0.05) is 0 Å². The van der Waals surface area contributed by atoms with Crippen LogP contribution < -0.4 is 20.1 Å². The number of fused-ring (bicyclic) bond motifs is 1. The average Bonchev–Trinajstić information content (AvgIpc) is 2.67. The number of benzene rings is 2. The molecule has 0 saturated heterocycles. The van der Waals surface area contributed by atoms with Crippen molar-refractivity contribution in [2.24, 2.45) is 0 Å². The Labute approximate surface area is 152 Å². The Balaban J connectivity index is 1.52. The number of anilines is 1. The normalized spacial score (nSPS) is 12.4. The summed E-state index contributed by atoms with van der Waals surface area (Å²) in [5.41, 5.74) is 0.142. The Hall–Kier alpha value is -3.23. The van der Waals surface area contributed by atoms with Crippen LogP contribution in [-0.4, -0.2) is 31.6 Å². The minimum atomic E-state index is -1.68. The smallest absolute Gasteiger partial charge is 0.243 e. The van der Waals surface area contributed by atoms with Crippen molar-refractivity contribution in [3.05, 3.63) is 53.3 Å². The van der Waals surface area contributed by atoms with Crippen molar-refractivity contribution >= 4 is 17.5 Å². The minimum Gasteiger partial charge on any atom is -0.486 e. The first-order chi connectivity index (χ1) is 12.9. The van der Waals surface area contributed by atoms with E-state index in [9.17, 15) is 22.8 Å². The first-order valence-corrected chi connectivity index (χ1v) is 8.02. The molecule has 2 N–H and O–H groups in total. The van der Waals surface area contributed by atoms with Crippen LogP contribution in [0.4, 0.5) is 18.9 Å². The van der Waals surface area contributed by atoms with Crippen LogP contribution in [0.2, 0.25) is 0 Å². The number of ether oxygens (including phenoxy) is 2. The highest BCUT2D eigenvalue weighted by Crippen LogP contribution is 2.30. The van der Waals surface area contributed by atoms with E-state index in [1.165, 1.54) is 0 Å². The summed E-state index contributed by atoms with van der Waals surface area (Å²) in [7, 11) is 0. The summed E-state index contributed by atoms with van der Waals surface area (Å²) >= 11 is 0. The highest BCUT2D eigenvalue weighted by atomic mass is 19.2. The number of nitrogens with one attached hydrogen (secondary N) is 2. The van der Waals surface area contributed by atoms with Crippen LogP contribution in [0.5, 0.6) is 11.5 Å². The van der Waals surface area contributed by atoms with E-state index in [1.54, 1.807) is 18.2 Å². The molecule has 0 unspecified atom stereocenters. The van der Waals surface area contributed by atoms with Gasteiger partial charge in [0.1, 0.15) is 13.2 Å². The van der Waals surface area contributed by atoms with E-state index >= 15 is 0 Å². The van der Waals surface area contributed by atoms with Gasteiger partial charge in [-0.1, -0.05) is 6.07 Å². The van der Waals surface area contributed by atoms with Crippen molar-refractivity contribution in [2.75, 3.05) is 25.1 Å². The Kier molecular flexibility index (Phi) is 5.49. The fraction of sp³-hybridized carbons (Fsp3) is 0.222. The lowest BCUT2D eigenvalue weighted by Gasteiger charge is -2.18. The number of carbonyl (C=O) groups is 2. The standard InChI is InChI=1S/C18H15F3N2O4/c19-11-2-3-12(18(21)17(11)20)23-16(25)9-22-15(24)8-10-1-4-13-14(7-10)27-6-5-26-13/h1-4,7H,5-6,8-9H2,(H,22,24)(H,23,25). The first kappa shape index (κ1) is 18.6. The Bertz CT molecular complexity index is 889. The summed E-state index contributed by atoms with van der Waals surface area (Å²) in [6.07, 6.45) is -0.0105. The van der Waals surface area contributed by atoms with Crippen molar-refractivity contribution in [1.29, 1.82) is 0 Å². The summed E-state index contributed by atoms with van der Waals surface area (Å²) in [6, 6.07) is 6.64. The second kappa shape index (κ2) is 7.98. The van der Waals surface area contributed by atoms with Gasteiger partial charge < -0.3 is 20.1 Å². The van der Waals surface area contributed by atoms with Gasteiger partial charge in [0.15, 0.2) is 29.0 Å². The molecule has 0 atom stereocenters. The van der Waals surface area contributed by atoms with E-state index < -0.39 is 41.5 Å². The SMILES string of the molecule is O=C(Cc1ccc2c(c1)OCCO2)NCC(=O)Nc1ccc(F)c(F)c1F. The lowest BCUT2D eigenvalue weighted by atomic mass is 10.1. The molecule has 3 rings (SSSR count). The van der Waals surface area contributed by atoms with E-state index in [0.717, 1.165) is 6.07 Å². The zero-order valence-corrected chi connectivity index (χ0v) is 14.0. The number of halogens is 3. The lowest BCUT2D eigenvalue weighted by molar-refractivity contribution is -0.123. The fourth-order valence-electron chi connectivity index (χ4n) is 2.44. The van der Waals surface area contributed by atoms with Gasteiger partial charge in [-0.2, -0.15) is 0 Å². The number of carbonyl (C=O) groups excluding carboxylic acids is 2. The topological polar surface area (TPSA) is 76.7 Å². The molecule has 1 aliphatic heterocycles. The van der Waals surface area contributed by atoms with Crippen LogP contribution in [0.25, 0.3) is 0 Å². The average molecular weight is 380 g/mol. The second-order valence-corrected chi connectivity index (χ2v) is 5.70. The number of amides is 2. The minimum absolute atomic E-state index is 0.0105. The van der Waals surface area contributed by atoms with Crippen LogP contribution in [0.3, 0.4) is 0 Å². The summed E-state index contributed by atoms with van der Waals surface area (Å²) in [5, 5.41) is 4.43. The number of hydrogen-bond donors (Lipinski definition) is 2. The van der Waals surface area contributed by atoms with Gasteiger partial charge in [-0.05, 0) is 29.8 Å².